The highest BCUT2D eigenvalue weighted by Gasteiger charge is 2.58. The number of benzene rings is 1. The molecule has 3 aliphatic heterocycles. The normalized spacial score (nSPS) is 33.4. The first-order valence-electron chi connectivity index (χ1n) is 23.7. The summed E-state index contributed by atoms with van der Waals surface area (Å²) in [6.07, 6.45) is 2.09. The molecule has 3 aromatic rings. The van der Waals surface area contributed by atoms with Gasteiger partial charge in [0, 0.05) is 60.7 Å². The number of nitrogens with zero attached hydrogens (tertiary/aromatic N) is 4. The van der Waals surface area contributed by atoms with Gasteiger partial charge in [0.15, 0.2) is 17.7 Å². The molecule has 1 aromatic carbocycles. The van der Waals surface area contributed by atoms with Crippen molar-refractivity contribution in [1.29, 1.82) is 0 Å². The van der Waals surface area contributed by atoms with E-state index >= 15 is 0 Å². The Labute approximate surface area is 404 Å². The number of hydrogen-bond acceptors (Lipinski definition) is 16. The third-order valence-electron chi connectivity index (χ3n) is 13.7. The number of esters is 2. The second-order valence-electron chi connectivity index (χ2n) is 19.3. The lowest BCUT2D eigenvalue weighted by Crippen LogP contribution is -2.61. The minimum Gasteiger partial charge on any atom is -0.461 e. The van der Waals surface area contributed by atoms with E-state index in [0.29, 0.717) is 17.8 Å². The van der Waals surface area contributed by atoms with Crippen LogP contribution in [0.4, 0.5) is 9.59 Å². The summed E-state index contributed by atoms with van der Waals surface area (Å²) in [6.45, 7) is 13.5. The first kappa shape index (κ1) is 52.5. The molecule has 0 bridgehead atoms. The van der Waals surface area contributed by atoms with Gasteiger partial charge in [-0.15, -0.1) is 0 Å². The molecule has 69 heavy (non-hydrogen) atoms. The van der Waals surface area contributed by atoms with Crippen molar-refractivity contribution in [3.8, 4) is 11.4 Å². The third kappa shape index (κ3) is 12.5. The van der Waals surface area contributed by atoms with Gasteiger partial charge in [0.05, 0.1) is 24.5 Å². The molecule has 3 fully saturated rings. The largest absolute Gasteiger partial charge is 0.461 e. The predicted molar refractivity (Wildman–Crippen MR) is 253 cm³/mol. The van der Waals surface area contributed by atoms with E-state index in [9.17, 15) is 29.1 Å². The lowest BCUT2D eigenvalue weighted by molar-refractivity contribution is -0.298. The maximum Gasteiger partial charge on any atom is 0.408 e. The Morgan fingerprint density at radius 3 is 2.35 bits per heavy atom. The number of fused-ring (bicyclic) bond motifs is 1. The van der Waals surface area contributed by atoms with E-state index in [-0.39, 0.29) is 31.6 Å². The fourth-order valence-corrected chi connectivity index (χ4v) is 10.1. The maximum atomic E-state index is 14.7. The number of Topliss-reactive ketones (excluding diaryl/α,β-unsaturated/α-hetero) is 1. The number of cyclic esters (lactones) is 1. The van der Waals surface area contributed by atoms with Crippen molar-refractivity contribution in [2.45, 2.75) is 141 Å². The summed E-state index contributed by atoms with van der Waals surface area (Å²) in [7, 11) is 3.67. The van der Waals surface area contributed by atoms with Crippen LogP contribution in [0.5, 0.6) is 0 Å². The van der Waals surface area contributed by atoms with Gasteiger partial charge in [-0.2, -0.15) is 0 Å². The van der Waals surface area contributed by atoms with Crippen molar-refractivity contribution in [2.75, 3.05) is 20.6 Å². The number of hydrogen-bond donors (Lipinski definition) is 3. The standard InChI is InChI=1S/C51H68N6O12/c1-11-38-51(8)43(56-49(63)69-51)31(4)40(59)29(2)27-50(7,68-48(62)55-22-13-15-34-17-19-36(20-18-34)45-53-23-14-24-54-45)44(67-47-41(60)37(57(9)10)25-30(3)64-47)32(5)42(33(6)46(61)65-38)66-39(58)26-35-16-12-21-52-28-35/h12-21,23-24,28-33,37-38,41-44,47,60H,11,22,25-27H2,1-10H3,(H,55,62)(H,56,63)/b15-13+/t29-,30-,31+,32+,33-,37+,38-,41-,42+,43-,44-,47+,50-,51-/m1/s1. The fraction of sp³-hybridized carbons (Fsp3) is 0.569. The molecule has 18 nitrogen and oxygen atoms in total. The molecule has 6 rings (SSSR count). The molecule has 3 aliphatic rings. The number of carbonyl (C=O) groups excluding carboxylic acids is 5. The van der Waals surface area contributed by atoms with Crippen LogP contribution in [0.3, 0.4) is 0 Å². The summed E-state index contributed by atoms with van der Waals surface area (Å²) in [4.78, 5) is 85.1. The molecule has 0 saturated carbocycles. The second-order valence-corrected chi connectivity index (χ2v) is 19.3. The van der Waals surface area contributed by atoms with Gasteiger partial charge in [-0.3, -0.25) is 19.4 Å². The first-order valence-corrected chi connectivity index (χ1v) is 23.7. The van der Waals surface area contributed by atoms with Crippen LogP contribution in [0.15, 0.2) is 73.3 Å². The van der Waals surface area contributed by atoms with Gasteiger partial charge >= 0.3 is 24.1 Å². The molecule has 18 heteroatoms. The Kier molecular flexibility index (Phi) is 17.3. The number of amides is 2. The highest BCUT2D eigenvalue weighted by Crippen LogP contribution is 2.42. The smallest absolute Gasteiger partial charge is 0.408 e. The molecule has 3 N–H and O–H groups in total. The number of aliphatic hydroxyl groups excluding tert-OH is 1. The van der Waals surface area contributed by atoms with Crippen molar-refractivity contribution in [3.05, 3.63) is 84.5 Å². The number of aromatic nitrogens is 3. The van der Waals surface area contributed by atoms with Crippen molar-refractivity contribution in [2.24, 2.45) is 23.7 Å². The van der Waals surface area contributed by atoms with Crippen LogP contribution in [-0.4, -0.2) is 136 Å². The van der Waals surface area contributed by atoms with E-state index < -0.39 is 108 Å². The number of carbonyl (C=O) groups is 5. The van der Waals surface area contributed by atoms with Gasteiger partial charge in [-0.05, 0) is 84.3 Å². The van der Waals surface area contributed by atoms with Crippen LogP contribution in [0, 0.1) is 23.7 Å². The van der Waals surface area contributed by atoms with E-state index in [1.165, 1.54) is 6.20 Å². The van der Waals surface area contributed by atoms with E-state index in [4.69, 9.17) is 28.4 Å². The van der Waals surface area contributed by atoms with E-state index in [1.54, 1.807) is 91.3 Å². The van der Waals surface area contributed by atoms with Crippen molar-refractivity contribution in [3.63, 3.8) is 0 Å². The van der Waals surface area contributed by atoms with Gasteiger partial charge in [-0.1, -0.05) is 70.2 Å². The molecular weight excluding hydrogens is 889 g/mol. The van der Waals surface area contributed by atoms with Gasteiger partial charge in [0.2, 0.25) is 0 Å². The summed E-state index contributed by atoms with van der Waals surface area (Å²) in [5, 5.41) is 17.5. The number of nitrogens with one attached hydrogen (secondary N) is 2. The van der Waals surface area contributed by atoms with Crippen molar-refractivity contribution in [1.82, 2.24) is 30.5 Å². The lowest BCUT2D eigenvalue weighted by Gasteiger charge is -2.48. The molecule has 0 spiro atoms. The second kappa shape index (κ2) is 22.7. The minimum atomic E-state index is -1.78. The number of rotatable bonds is 12. The fourth-order valence-electron chi connectivity index (χ4n) is 10.1. The minimum absolute atomic E-state index is 0.0353. The van der Waals surface area contributed by atoms with Crippen LogP contribution in [0.1, 0.15) is 85.8 Å². The quantitative estimate of drug-likeness (QED) is 0.146. The van der Waals surface area contributed by atoms with E-state index in [1.807, 2.05) is 56.3 Å². The van der Waals surface area contributed by atoms with Gasteiger partial charge in [0.25, 0.3) is 0 Å². The summed E-state index contributed by atoms with van der Waals surface area (Å²) in [5.41, 5.74) is -1.01. The van der Waals surface area contributed by atoms with Gasteiger partial charge < -0.3 is 49.1 Å². The Hall–Kier alpha value is -5.82. The summed E-state index contributed by atoms with van der Waals surface area (Å²) >= 11 is 0. The molecule has 374 valence electrons. The number of alkyl carbamates (subject to hydrolysis) is 2. The highest BCUT2D eigenvalue weighted by molar-refractivity contribution is 5.85. The molecule has 5 heterocycles. The lowest BCUT2D eigenvalue weighted by atomic mass is 9.73. The summed E-state index contributed by atoms with van der Waals surface area (Å²) in [6, 6.07) is 11.4. The van der Waals surface area contributed by atoms with Crippen LogP contribution < -0.4 is 10.6 Å². The molecule has 14 atom stereocenters. The summed E-state index contributed by atoms with van der Waals surface area (Å²) in [5.74, 6) is -5.20. The third-order valence-corrected chi connectivity index (χ3v) is 13.7. The van der Waals surface area contributed by atoms with Crippen LogP contribution in [0.25, 0.3) is 17.5 Å². The Morgan fingerprint density at radius 2 is 1.70 bits per heavy atom. The highest BCUT2D eigenvalue weighted by atomic mass is 16.7. The average Bonchev–Trinajstić information content (AvgIpc) is 3.64. The van der Waals surface area contributed by atoms with Gasteiger partial charge in [0.1, 0.15) is 35.8 Å². The summed E-state index contributed by atoms with van der Waals surface area (Å²) < 4.78 is 38.0. The van der Waals surface area contributed by atoms with Gasteiger partial charge in [-0.25, -0.2) is 19.6 Å². The molecule has 0 aliphatic carbocycles. The zero-order valence-corrected chi connectivity index (χ0v) is 41.2. The number of likely N-dealkylation sites (N-methyl/N-ethyl adjacent to an activating group) is 1. The topological polar surface area (TPSA) is 227 Å². The zero-order valence-electron chi connectivity index (χ0n) is 41.2. The first-order chi connectivity index (χ1) is 32.7. The van der Waals surface area contributed by atoms with Crippen LogP contribution >= 0.6 is 0 Å². The Bertz CT molecular complexity index is 2270. The number of pyridine rings is 1. The van der Waals surface area contributed by atoms with Crippen LogP contribution in [-0.2, 0) is 49.2 Å². The van der Waals surface area contributed by atoms with E-state index in [2.05, 4.69) is 25.6 Å². The molecule has 2 aromatic heterocycles. The zero-order chi connectivity index (χ0) is 50.2. The Balaban J connectivity index is 1.40. The molecule has 0 radical (unpaired) electrons. The molecule has 2 amide bonds. The molecular formula is C51H68N6O12. The SMILES string of the molecule is CC[C@H]1OC(=O)[C@H](C)[C@@H](OC(=O)Cc2cccnc2)[C@H](C)[C@@H](O[C@@H]2O[C@H](C)C[C@H](N(C)C)[C@H]2O)[C@](C)(OC(=O)NC/C=C/c2ccc(-c3ncccn3)cc2)C[C@@H](C)C(=O)[C@H](C)[C@H]2NC(=O)O[C@@]21C. The molecule has 0 unspecified atom stereocenters. The molecule has 3 saturated heterocycles. The van der Waals surface area contributed by atoms with E-state index in [0.717, 1.165) is 11.1 Å². The van der Waals surface area contributed by atoms with Crippen LogP contribution in [0.2, 0.25) is 0 Å². The monoisotopic (exact) mass is 956 g/mol. The Morgan fingerprint density at radius 1 is 0.986 bits per heavy atom. The van der Waals surface area contributed by atoms with Crippen molar-refractivity contribution < 1.29 is 57.5 Å². The maximum absolute atomic E-state index is 14.7. The number of aliphatic hydroxyl groups is 1. The predicted octanol–water partition coefficient (Wildman–Crippen LogP) is 5.71. The number of ether oxygens (including phenoxy) is 6. The number of ketones is 1. The van der Waals surface area contributed by atoms with Crippen molar-refractivity contribution >= 4 is 36.0 Å². The average molecular weight is 957 g/mol.